The van der Waals surface area contributed by atoms with Crippen molar-refractivity contribution in [2.75, 3.05) is 0 Å². The third-order valence-corrected chi connectivity index (χ3v) is 7.27. The Labute approximate surface area is 314 Å². The van der Waals surface area contributed by atoms with Crippen LogP contribution >= 0.6 is 0 Å². The molecule has 1 amide bonds. The van der Waals surface area contributed by atoms with E-state index in [1.165, 1.54) is 48.8 Å². The molecule has 0 fully saturated rings. The van der Waals surface area contributed by atoms with Crippen molar-refractivity contribution < 1.29 is 43.6 Å². The summed E-state index contributed by atoms with van der Waals surface area (Å²) in [4.78, 5) is 78.0. The number of hydrogen-bond acceptors (Lipinski definition) is 16. The topological polar surface area (TPSA) is 291 Å². The molecule has 0 aliphatic heterocycles. The number of rotatable bonds is 18. The number of unbranched alkanes of at least 4 members (excludes halogenated alkanes) is 1. The number of amides is 1. The second-order valence-corrected chi connectivity index (χ2v) is 11.4. The molecule has 4 aromatic carbocycles. The van der Waals surface area contributed by atoms with E-state index in [2.05, 4.69) is 27.6 Å². The minimum atomic E-state index is -1.03. The largest absolute Gasteiger partial charge is 0.423 e. The molecule has 0 saturated heterocycles. The second-order valence-electron chi connectivity index (χ2n) is 11.4. The molecule has 0 saturated carbocycles. The van der Waals surface area contributed by atoms with Crippen LogP contribution in [0.25, 0.3) is 0 Å². The predicted molar refractivity (Wildman–Crippen MR) is 196 cm³/mol. The normalized spacial score (nSPS) is 10.8. The Kier molecular flexibility index (Phi) is 13.8. The Balaban J connectivity index is 1.14. The molecule has 0 spiro atoms. The van der Waals surface area contributed by atoms with Gasteiger partial charge in [0, 0.05) is 36.4 Å². The van der Waals surface area contributed by atoms with Gasteiger partial charge in [-0.1, -0.05) is 6.58 Å². The van der Waals surface area contributed by atoms with Crippen molar-refractivity contribution in [1.82, 2.24) is 10.9 Å². The molecule has 0 unspecified atom stereocenters. The van der Waals surface area contributed by atoms with Gasteiger partial charge in [-0.05, 0) is 78.9 Å². The standard InChI is InChI=1S/C35H28N8O13/c1-22(38-36-20-23-6-10-31(11-7-23)55-34(45)25-14-27(40(47)48)18-28(15-25)41(49)50)4-2-3-5-33(44)39-37-21-24-8-12-32(13-9-24)56-35(46)26-16-29(42(51)52)19-30(17-26)43(53)54/h6-21,38H,1-5H2,(H,39,44)/b36-20+,37-21+. The molecule has 21 nitrogen and oxygen atoms in total. The number of ether oxygens (including phenoxy) is 2. The van der Waals surface area contributed by atoms with Crippen molar-refractivity contribution in [2.45, 2.75) is 25.7 Å². The SMILES string of the molecule is C=C(CCCCC(=O)N/N=C/c1ccc(OC(=O)c2cc([N+](=O)[O-])cc([N+](=O)[O-])c2)cc1)N/N=C/c1ccc(OC(=O)c2cc([N+](=O)[O-])cc([N+](=O)[O-])c2)cc1. The molecule has 0 heterocycles. The van der Waals surface area contributed by atoms with Gasteiger partial charge in [-0.25, -0.2) is 15.0 Å². The van der Waals surface area contributed by atoms with Gasteiger partial charge in [-0.3, -0.25) is 50.7 Å². The third kappa shape index (κ3) is 12.2. The van der Waals surface area contributed by atoms with Crippen molar-refractivity contribution >= 4 is 53.0 Å². The van der Waals surface area contributed by atoms with Crippen LogP contribution in [0.15, 0.2) is 107 Å². The number of nitrogens with one attached hydrogen (secondary N) is 2. The lowest BCUT2D eigenvalue weighted by atomic mass is 10.1. The summed E-state index contributed by atoms with van der Waals surface area (Å²) in [6, 6.07) is 16.8. The zero-order valence-electron chi connectivity index (χ0n) is 28.8. The van der Waals surface area contributed by atoms with Crippen LogP contribution < -0.4 is 20.3 Å². The van der Waals surface area contributed by atoms with Gasteiger partial charge in [0.05, 0.1) is 55.4 Å². The molecule has 56 heavy (non-hydrogen) atoms. The van der Waals surface area contributed by atoms with Gasteiger partial charge in [0.15, 0.2) is 0 Å². The zero-order valence-corrected chi connectivity index (χ0v) is 28.8. The number of hydrazone groups is 2. The van der Waals surface area contributed by atoms with Gasteiger partial charge in [-0.15, -0.1) is 0 Å². The third-order valence-electron chi connectivity index (χ3n) is 7.27. The van der Waals surface area contributed by atoms with Gasteiger partial charge in [0.2, 0.25) is 5.91 Å². The monoisotopic (exact) mass is 768 g/mol. The summed E-state index contributed by atoms with van der Waals surface area (Å²) >= 11 is 0. The molecule has 2 N–H and O–H groups in total. The van der Waals surface area contributed by atoms with Crippen LogP contribution in [0.3, 0.4) is 0 Å². The number of nitro groups is 4. The summed E-state index contributed by atoms with van der Waals surface area (Å²) in [6.45, 7) is 3.88. The molecule has 0 atom stereocenters. The van der Waals surface area contributed by atoms with Crippen molar-refractivity contribution in [3.05, 3.63) is 160 Å². The maximum absolute atomic E-state index is 12.5. The van der Waals surface area contributed by atoms with Crippen LogP contribution in [0.4, 0.5) is 22.7 Å². The fourth-order valence-corrected chi connectivity index (χ4v) is 4.54. The van der Waals surface area contributed by atoms with Gasteiger partial charge < -0.3 is 9.47 Å². The Morgan fingerprint density at radius 3 is 1.30 bits per heavy atom. The highest BCUT2D eigenvalue weighted by Crippen LogP contribution is 2.25. The first-order valence-electron chi connectivity index (χ1n) is 16.0. The lowest BCUT2D eigenvalue weighted by Crippen LogP contribution is -2.17. The summed E-state index contributed by atoms with van der Waals surface area (Å²) in [5.74, 6) is -2.24. The quantitative estimate of drug-likeness (QED) is 0.0297. The number of allylic oxidation sites excluding steroid dienone is 1. The number of benzene rings is 4. The van der Waals surface area contributed by atoms with E-state index in [0.29, 0.717) is 36.1 Å². The van der Waals surface area contributed by atoms with E-state index < -0.39 is 54.4 Å². The molecule has 0 aliphatic carbocycles. The van der Waals surface area contributed by atoms with Crippen molar-refractivity contribution in [3.8, 4) is 11.5 Å². The Hall–Kier alpha value is -8.23. The van der Waals surface area contributed by atoms with Gasteiger partial charge >= 0.3 is 11.9 Å². The maximum Gasteiger partial charge on any atom is 0.344 e. The minimum absolute atomic E-state index is 0.0586. The van der Waals surface area contributed by atoms with Crippen LogP contribution in [0.2, 0.25) is 0 Å². The first kappa shape index (κ1) is 40.5. The Morgan fingerprint density at radius 1 is 0.571 bits per heavy atom. The summed E-state index contributed by atoms with van der Waals surface area (Å²) in [5.41, 5.74) is 3.65. The predicted octanol–water partition coefficient (Wildman–Crippen LogP) is 5.91. The summed E-state index contributed by atoms with van der Waals surface area (Å²) in [6.07, 6.45) is 4.64. The van der Waals surface area contributed by atoms with Crippen LogP contribution in [0, 0.1) is 40.5 Å². The van der Waals surface area contributed by atoms with Crippen molar-refractivity contribution in [3.63, 3.8) is 0 Å². The highest BCUT2D eigenvalue weighted by molar-refractivity contribution is 5.93. The smallest absolute Gasteiger partial charge is 0.344 e. The number of nitro benzene ring substituents is 4. The molecule has 21 heteroatoms. The number of non-ortho nitro benzene ring substituents is 4. The summed E-state index contributed by atoms with van der Waals surface area (Å²) in [5, 5.41) is 52.3. The molecular formula is C35H28N8O13. The van der Waals surface area contributed by atoms with Crippen LogP contribution in [-0.4, -0.2) is 50.0 Å². The average Bonchev–Trinajstić information content (AvgIpc) is 3.17. The second kappa shape index (κ2) is 19.0. The van der Waals surface area contributed by atoms with Crippen LogP contribution in [-0.2, 0) is 4.79 Å². The van der Waals surface area contributed by atoms with Gasteiger partial charge in [0.1, 0.15) is 11.5 Å². The first-order valence-corrected chi connectivity index (χ1v) is 16.0. The Morgan fingerprint density at radius 2 is 0.929 bits per heavy atom. The Bertz CT molecular complexity index is 2030. The number of carbonyl (C=O) groups excluding carboxylic acids is 3. The first-order chi connectivity index (χ1) is 26.7. The van der Waals surface area contributed by atoms with Crippen LogP contribution in [0.1, 0.15) is 57.5 Å². The molecular weight excluding hydrogens is 740 g/mol. The minimum Gasteiger partial charge on any atom is -0.423 e. The number of carbonyl (C=O) groups is 3. The van der Waals surface area contributed by atoms with Crippen molar-refractivity contribution in [1.29, 1.82) is 0 Å². The molecule has 0 radical (unpaired) electrons. The number of esters is 2. The molecule has 0 aromatic heterocycles. The molecule has 0 bridgehead atoms. The highest BCUT2D eigenvalue weighted by Gasteiger charge is 2.22. The molecule has 286 valence electrons. The molecule has 0 aliphatic rings. The fraction of sp³-hybridized carbons (Fsp3) is 0.114. The maximum atomic E-state index is 12.5. The average molecular weight is 769 g/mol. The van der Waals surface area contributed by atoms with E-state index in [4.69, 9.17) is 9.47 Å². The van der Waals surface area contributed by atoms with E-state index >= 15 is 0 Å². The number of nitrogens with zero attached hydrogens (tertiary/aromatic N) is 6. The van der Waals surface area contributed by atoms with E-state index in [1.54, 1.807) is 12.1 Å². The number of hydrogen-bond donors (Lipinski definition) is 2. The van der Waals surface area contributed by atoms with E-state index in [0.717, 1.165) is 36.4 Å². The van der Waals surface area contributed by atoms with E-state index in [1.807, 2.05) is 0 Å². The highest BCUT2D eigenvalue weighted by atomic mass is 16.6. The van der Waals surface area contributed by atoms with Crippen LogP contribution in [0.5, 0.6) is 11.5 Å². The van der Waals surface area contributed by atoms with E-state index in [-0.39, 0.29) is 35.0 Å². The summed E-state index contributed by atoms with van der Waals surface area (Å²) < 4.78 is 10.4. The zero-order chi connectivity index (χ0) is 40.8. The molecule has 4 aromatic rings. The summed E-state index contributed by atoms with van der Waals surface area (Å²) in [7, 11) is 0. The van der Waals surface area contributed by atoms with Gasteiger partial charge in [0.25, 0.3) is 22.7 Å². The van der Waals surface area contributed by atoms with E-state index in [9.17, 15) is 54.8 Å². The lowest BCUT2D eigenvalue weighted by molar-refractivity contribution is -0.394. The fourth-order valence-electron chi connectivity index (χ4n) is 4.54. The molecule has 4 rings (SSSR count). The lowest BCUT2D eigenvalue weighted by Gasteiger charge is -2.06. The van der Waals surface area contributed by atoms with Crippen molar-refractivity contribution in [2.24, 2.45) is 10.2 Å². The van der Waals surface area contributed by atoms with Gasteiger partial charge in [-0.2, -0.15) is 10.2 Å².